The molecule has 0 amide bonds. The van der Waals surface area contributed by atoms with E-state index >= 15 is 0 Å². The van der Waals surface area contributed by atoms with Crippen LogP contribution in [0, 0.1) is 34.0 Å². The van der Waals surface area contributed by atoms with Gasteiger partial charge in [0.05, 0.1) is 11.4 Å². The Labute approximate surface area is 260 Å². The van der Waals surface area contributed by atoms with Crippen LogP contribution < -0.4 is 31.9 Å². The van der Waals surface area contributed by atoms with Gasteiger partial charge in [-0.05, 0) is 6.07 Å². The molecule has 7 rings (SSSR count). The Hall–Kier alpha value is -7.61. The second-order valence-corrected chi connectivity index (χ2v) is 9.29. The van der Waals surface area contributed by atoms with Gasteiger partial charge in [0.25, 0.3) is 0 Å². The van der Waals surface area contributed by atoms with Crippen LogP contribution in [0.4, 0.5) is 26.3 Å². The molecule has 0 aliphatic carbocycles. The maximum absolute atomic E-state index is 13.8. The molecule has 6 aliphatic rings. The Kier molecular flexibility index (Phi) is 6.54. The summed E-state index contributed by atoms with van der Waals surface area (Å²) < 4.78 is 82.7. The molecule has 0 unspecified atom stereocenters. The van der Waals surface area contributed by atoms with Crippen molar-refractivity contribution in [3.05, 3.63) is 76.4 Å². The van der Waals surface area contributed by atoms with E-state index in [2.05, 4.69) is 39.9 Å². The van der Waals surface area contributed by atoms with Crippen molar-refractivity contribution in [1.82, 2.24) is 41.9 Å². The molecule has 0 fully saturated rings. The van der Waals surface area contributed by atoms with Gasteiger partial charge in [0.1, 0.15) is 34.9 Å². The predicted molar refractivity (Wildman–Crippen MR) is 151 cm³/mol. The number of nitrogens with zero attached hydrogens (tertiary/aromatic N) is 11. The monoisotopic (exact) mass is 659 g/mol. The number of halogens is 6. The maximum Gasteiger partial charge on any atom is 0.246 e. The Balaban J connectivity index is 1.42. The third-order valence-electron chi connectivity index (χ3n) is 6.39. The van der Waals surface area contributed by atoms with Crippen LogP contribution in [-0.2, 0) is 0 Å². The smallest absolute Gasteiger partial charge is 0.246 e. The normalized spacial score (nSPS) is 18.7. The fourth-order valence-corrected chi connectivity index (χ4v) is 4.30. The van der Waals surface area contributed by atoms with E-state index in [1.54, 1.807) is 18.2 Å². The molecule has 0 bridgehead atoms. The molecule has 7 heterocycles. The summed E-state index contributed by atoms with van der Waals surface area (Å²) in [4.78, 5) is 32.3. The highest BCUT2D eigenvalue weighted by molar-refractivity contribution is 6.44. The number of allylic oxidation sites excluding steroid dienone is 3. The highest BCUT2D eigenvalue weighted by Crippen LogP contribution is 2.31. The van der Waals surface area contributed by atoms with Crippen molar-refractivity contribution < 1.29 is 26.3 Å². The van der Waals surface area contributed by atoms with E-state index in [1.165, 1.54) is 0 Å². The summed E-state index contributed by atoms with van der Waals surface area (Å²) in [6.45, 7) is 0. The number of nitrogens with one attached hydrogen (secondary N) is 6. The fraction of sp³-hybridized carbons (Fsp3) is 0. The Morgan fingerprint density at radius 3 is 0.938 bits per heavy atom. The first kappa shape index (κ1) is 29.1. The zero-order chi connectivity index (χ0) is 33.9. The molecule has 0 spiro atoms. The summed E-state index contributed by atoms with van der Waals surface area (Å²) in [6.07, 6.45) is 0. The molecule has 1 aromatic rings. The minimum atomic E-state index is -1.41. The maximum atomic E-state index is 13.8. The number of hydrogen-bond acceptors (Lipinski definition) is 17. The molecule has 23 heteroatoms. The fourth-order valence-electron chi connectivity index (χ4n) is 4.30. The molecule has 0 atom stereocenters. The van der Waals surface area contributed by atoms with Crippen LogP contribution in [0.5, 0.6) is 0 Å². The van der Waals surface area contributed by atoms with Crippen molar-refractivity contribution in [3.8, 4) is 18.2 Å². The van der Waals surface area contributed by atoms with Crippen LogP contribution in [0.1, 0.15) is 17.2 Å². The first-order valence-corrected chi connectivity index (χ1v) is 12.7. The quantitative estimate of drug-likeness (QED) is 0.153. The minimum absolute atomic E-state index is 0.299. The lowest BCUT2D eigenvalue weighted by molar-refractivity contribution is 0.484. The number of nitriles is 3. The van der Waals surface area contributed by atoms with Crippen LogP contribution in [0.2, 0.25) is 0 Å². The van der Waals surface area contributed by atoms with E-state index in [4.69, 9.17) is 0 Å². The van der Waals surface area contributed by atoms with Crippen LogP contribution in [0.3, 0.4) is 0 Å². The number of rotatable bonds is 3. The lowest BCUT2D eigenvalue weighted by Crippen LogP contribution is -2.42. The molecule has 0 saturated carbocycles. The summed E-state index contributed by atoms with van der Waals surface area (Å²) in [6, 6.07) is 6.40. The molecule has 0 aromatic carbocycles. The summed E-state index contributed by atoms with van der Waals surface area (Å²) in [7, 11) is 0. The number of hydrogen-bond donors (Lipinski definition) is 6. The third-order valence-corrected chi connectivity index (χ3v) is 6.39. The first-order valence-electron chi connectivity index (χ1n) is 12.7. The second-order valence-electron chi connectivity index (χ2n) is 9.29. The van der Waals surface area contributed by atoms with Gasteiger partial charge < -0.3 is 31.9 Å². The van der Waals surface area contributed by atoms with E-state index < -0.39 is 75.7 Å². The average Bonchev–Trinajstić information content (AvgIpc) is 3.76. The van der Waals surface area contributed by atoms with Gasteiger partial charge in [0, 0.05) is 0 Å². The molecular formula is C25H7F6N17. The van der Waals surface area contributed by atoms with Crippen molar-refractivity contribution in [2.24, 2.45) is 30.0 Å². The van der Waals surface area contributed by atoms with Crippen LogP contribution in [-0.4, -0.2) is 45.0 Å². The summed E-state index contributed by atoms with van der Waals surface area (Å²) in [5, 5.41) is 42.5. The minimum Gasteiger partial charge on any atom is -0.310 e. The lowest BCUT2D eigenvalue weighted by atomic mass is 10.1. The second kappa shape index (κ2) is 10.8. The predicted octanol–water partition coefficient (Wildman–Crippen LogP) is 1.26. The van der Waals surface area contributed by atoms with Gasteiger partial charge in [-0.1, -0.05) is 0 Å². The zero-order valence-corrected chi connectivity index (χ0v) is 22.8. The van der Waals surface area contributed by atoms with E-state index in [1.807, 2.05) is 31.9 Å². The van der Waals surface area contributed by atoms with E-state index in [9.17, 15) is 42.1 Å². The Bertz CT molecular complexity index is 1960. The lowest BCUT2D eigenvalue weighted by Gasteiger charge is -2.13. The average molecular weight is 659 g/mol. The molecule has 0 radical (unpaired) electrons. The molecule has 6 aliphatic heterocycles. The first-order chi connectivity index (χ1) is 23.1. The van der Waals surface area contributed by atoms with Crippen molar-refractivity contribution in [2.45, 2.75) is 0 Å². The van der Waals surface area contributed by atoms with Crippen LogP contribution >= 0.6 is 0 Å². The molecular weight excluding hydrogens is 652 g/mol. The van der Waals surface area contributed by atoms with Gasteiger partial charge in [-0.3, -0.25) is 0 Å². The summed E-state index contributed by atoms with van der Waals surface area (Å²) >= 11 is 0. The standard InChI is InChI=1S/C25H7F6N17/c26-10-11(27)38-21-20(37-10)43-16(44-21)5(2-32)8-1-9(6(3-33)17-45-22-23(46-17)40-13(29)12(28)39-22)36-18(35-8)7(4-34)19-47-24-25(48-19)42-15(31)14(30)41-24/h1H,(H,37,43)(H,38,44)(H,39,45)(H,40,46)(H,41,47)(H,42,48). The zero-order valence-electron chi connectivity index (χ0n) is 22.8. The third kappa shape index (κ3) is 4.74. The molecule has 48 heavy (non-hydrogen) atoms. The molecule has 6 N–H and O–H groups in total. The van der Waals surface area contributed by atoms with Gasteiger partial charge in [-0.2, -0.15) is 42.1 Å². The van der Waals surface area contributed by atoms with E-state index in [0.717, 1.165) is 6.07 Å². The molecule has 1 aromatic heterocycles. The van der Waals surface area contributed by atoms with Gasteiger partial charge in [0.2, 0.25) is 35.7 Å². The van der Waals surface area contributed by atoms with Crippen molar-refractivity contribution in [2.75, 3.05) is 0 Å². The van der Waals surface area contributed by atoms with Gasteiger partial charge >= 0.3 is 0 Å². The molecule has 234 valence electrons. The number of fused-ring (bicyclic) bond motifs is 3. The molecule has 17 nitrogen and oxygen atoms in total. The van der Waals surface area contributed by atoms with Gasteiger partial charge in [0.15, 0.2) is 58.3 Å². The largest absolute Gasteiger partial charge is 0.310 e. The number of aromatic nitrogens is 2. The van der Waals surface area contributed by atoms with Crippen molar-refractivity contribution in [1.29, 1.82) is 15.8 Å². The highest BCUT2D eigenvalue weighted by Gasteiger charge is 2.33. The van der Waals surface area contributed by atoms with Crippen molar-refractivity contribution >= 4 is 51.7 Å². The van der Waals surface area contributed by atoms with Crippen LogP contribution in [0.25, 0.3) is 16.7 Å². The Morgan fingerprint density at radius 1 is 0.438 bits per heavy atom. The summed E-state index contributed by atoms with van der Waals surface area (Å²) in [5.41, 5.74) is -2.21. The number of amidine groups is 6. The van der Waals surface area contributed by atoms with Crippen LogP contribution in [0.15, 0.2) is 89.2 Å². The van der Waals surface area contributed by atoms with Crippen molar-refractivity contribution in [3.63, 3.8) is 0 Å². The summed E-state index contributed by atoms with van der Waals surface area (Å²) in [5.74, 6) is -12.1. The molecule has 0 saturated heterocycles. The SMILES string of the molecule is N#CC(=C1N=C2NC(F)=C(F)NC2=N1)c1cc(C(C#N)=C2N=C3NC(F)=C(F)NC3=N2)nc(C(C#N)=C2N=C3NC(F)=C(F)NC3=N2)n1. The number of aliphatic imine (C=N–C) groups is 6. The van der Waals surface area contributed by atoms with E-state index in [-0.39, 0.29) is 46.4 Å². The van der Waals surface area contributed by atoms with Gasteiger partial charge in [-0.15, -0.1) is 0 Å². The van der Waals surface area contributed by atoms with E-state index in [0.29, 0.717) is 0 Å². The highest BCUT2D eigenvalue weighted by atomic mass is 19.2. The Morgan fingerprint density at radius 2 is 0.688 bits per heavy atom. The van der Waals surface area contributed by atoms with Gasteiger partial charge in [-0.25, -0.2) is 39.9 Å². The topological polar surface area (TPSA) is 243 Å².